The van der Waals surface area contributed by atoms with Crippen LogP contribution in [0.3, 0.4) is 0 Å². The third-order valence-corrected chi connectivity index (χ3v) is 5.09. The minimum absolute atomic E-state index is 0.231. The minimum Gasteiger partial charge on any atom is -0.370 e. The van der Waals surface area contributed by atoms with Crippen molar-refractivity contribution in [1.82, 2.24) is 10.6 Å². The second-order valence-electron chi connectivity index (χ2n) is 7.50. The number of hydrogen-bond donors (Lipinski definition) is 8. The van der Waals surface area contributed by atoms with E-state index in [9.17, 15) is 0 Å². The summed E-state index contributed by atoms with van der Waals surface area (Å²) in [6.45, 7) is 1.35. The SMILES string of the molecule is NC(=NC(N)NCCCCCCN=C(N)NC(N)Nc1ccc(Cl)cc1)Nc1ccc(Cl)cc1. The Morgan fingerprint density at radius 2 is 1.38 bits per heavy atom. The van der Waals surface area contributed by atoms with Crippen LogP contribution in [0.2, 0.25) is 10.0 Å². The maximum absolute atomic E-state index is 5.97. The molecule has 2 atom stereocenters. The van der Waals surface area contributed by atoms with Gasteiger partial charge in [0.25, 0.3) is 0 Å². The Bertz CT molecular complexity index is 903. The van der Waals surface area contributed by atoms with Gasteiger partial charge in [0.2, 0.25) is 0 Å². The molecular formula is C22H34Cl2N10. The first-order valence-electron chi connectivity index (χ1n) is 11.0. The number of benzene rings is 2. The molecule has 12 heteroatoms. The third-order valence-electron chi connectivity index (χ3n) is 4.59. The van der Waals surface area contributed by atoms with E-state index in [4.69, 9.17) is 46.1 Å². The van der Waals surface area contributed by atoms with E-state index in [0.29, 0.717) is 22.5 Å². The lowest BCUT2D eigenvalue weighted by molar-refractivity contribution is 0.516. The summed E-state index contributed by atoms with van der Waals surface area (Å²) in [6.07, 6.45) is 2.79. The van der Waals surface area contributed by atoms with Crippen molar-refractivity contribution in [2.45, 2.75) is 38.3 Å². The number of nitrogens with two attached hydrogens (primary N) is 4. The van der Waals surface area contributed by atoms with Gasteiger partial charge < -0.3 is 27.4 Å². The molecule has 0 spiro atoms. The van der Waals surface area contributed by atoms with Crippen LogP contribution in [0.4, 0.5) is 11.4 Å². The van der Waals surface area contributed by atoms with E-state index >= 15 is 0 Å². The Hall–Kier alpha value is -2.76. The number of guanidine groups is 2. The molecule has 0 heterocycles. The van der Waals surface area contributed by atoms with Crippen LogP contribution >= 0.6 is 23.2 Å². The molecule has 0 aliphatic rings. The molecule has 0 saturated carbocycles. The molecule has 2 unspecified atom stereocenters. The lowest BCUT2D eigenvalue weighted by Crippen LogP contribution is -2.50. The van der Waals surface area contributed by atoms with Crippen LogP contribution in [0.1, 0.15) is 25.7 Å². The van der Waals surface area contributed by atoms with Crippen molar-refractivity contribution in [3.05, 3.63) is 58.6 Å². The standard InChI is InChI=1S/C22H34Cl2N10/c23-15-5-9-17(10-6-15)31-21(27)33-19(25)29-13-3-1-2-4-14-30-20(26)34-22(28)32-18-11-7-16(24)8-12-18/h5-12,19,22,29,32H,1-4,13-14,25,28H2,(H3,26,30,34)(H3,27,31,33). The second-order valence-corrected chi connectivity index (χ2v) is 8.37. The Morgan fingerprint density at radius 1 is 0.794 bits per heavy atom. The number of anilines is 2. The highest BCUT2D eigenvalue weighted by molar-refractivity contribution is 6.30. The molecule has 2 rings (SSSR count). The fourth-order valence-corrected chi connectivity index (χ4v) is 3.17. The number of halogens is 2. The van der Waals surface area contributed by atoms with E-state index < -0.39 is 12.6 Å². The van der Waals surface area contributed by atoms with E-state index in [1.807, 2.05) is 24.3 Å². The maximum Gasteiger partial charge on any atom is 0.195 e. The largest absolute Gasteiger partial charge is 0.370 e. The third kappa shape index (κ3) is 11.9. The number of rotatable bonds is 13. The number of unbranched alkanes of at least 4 members (excludes halogenated alkanes) is 3. The first-order valence-corrected chi connectivity index (χ1v) is 11.8. The molecule has 0 aliphatic carbocycles. The fraction of sp³-hybridized carbons (Fsp3) is 0.364. The highest BCUT2D eigenvalue weighted by Crippen LogP contribution is 2.14. The minimum atomic E-state index is -0.582. The van der Waals surface area contributed by atoms with Gasteiger partial charge in [-0.2, -0.15) is 0 Å². The molecule has 0 radical (unpaired) electrons. The quantitative estimate of drug-likeness (QED) is 0.0878. The Balaban J connectivity index is 1.52. The molecule has 0 bridgehead atoms. The smallest absolute Gasteiger partial charge is 0.195 e. The van der Waals surface area contributed by atoms with E-state index in [1.54, 1.807) is 24.3 Å². The summed E-state index contributed by atoms with van der Waals surface area (Å²) in [7, 11) is 0. The number of nitrogens with one attached hydrogen (secondary N) is 4. The van der Waals surface area contributed by atoms with Crippen LogP contribution in [0, 0.1) is 0 Å². The topological polar surface area (TPSA) is 177 Å². The molecule has 2 aromatic rings. The molecule has 0 aromatic heterocycles. The predicted molar refractivity (Wildman–Crippen MR) is 144 cm³/mol. The Morgan fingerprint density at radius 3 is 2.03 bits per heavy atom. The maximum atomic E-state index is 5.97. The van der Waals surface area contributed by atoms with Crippen LogP contribution < -0.4 is 44.2 Å². The van der Waals surface area contributed by atoms with E-state index in [1.165, 1.54) is 0 Å². The first kappa shape index (κ1) is 27.5. The normalized spacial score (nSPS) is 13.9. The van der Waals surface area contributed by atoms with Gasteiger partial charge >= 0.3 is 0 Å². The summed E-state index contributed by atoms with van der Waals surface area (Å²) < 4.78 is 0. The zero-order chi connectivity index (χ0) is 24.8. The summed E-state index contributed by atoms with van der Waals surface area (Å²) in [5, 5.41) is 13.4. The van der Waals surface area contributed by atoms with Crippen LogP contribution in [-0.2, 0) is 0 Å². The lowest BCUT2D eigenvalue weighted by Gasteiger charge is -2.17. The highest BCUT2D eigenvalue weighted by atomic mass is 35.5. The summed E-state index contributed by atoms with van der Waals surface area (Å²) in [4.78, 5) is 8.47. The van der Waals surface area contributed by atoms with Crippen molar-refractivity contribution >= 4 is 46.5 Å². The number of nitrogens with zero attached hydrogens (tertiary/aromatic N) is 2. The zero-order valence-electron chi connectivity index (χ0n) is 19.0. The van der Waals surface area contributed by atoms with Gasteiger partial charge in [-0.15, -0.1) is 0 Å². The molecule has 0 amide bonds. The van der Waals surface area contributed by atoms with Gasteiger partial charge in [0.1, 0.15) is 0 Å². The van der Waals surface area contributed by atoms with Gasteiger partial charge in [0.05, 0.1) is 0 Å². The van der Waals surface area contributed by atoms with Gasteiger partial charge in [-0.05, 0) is 67.9 Å². The van der Waals surface area contributed by atoms with Crippen molar-refractivity contribution in [2.75, 3.05) is 23.7 Å². The van der Waals surface area contributed by atoms with E-state index in [2.05, 4.69) is 31.3 Å². The molecule has 12 N–H and O–H groups in total. The van der Waals surface area contributed by atoms with Crippen LogP contribution in [0.15, 0.2) is 58.5 Å². The molecule has 0 aliphatic heterocycles. The Kier molecular flexibility index (Phi) is 12.3. The summed E-state index contributed by atoms with van der Waals surface area (Å²) in [6, 6.07) is 14.4. The highest BCUT2D eigenvalue weighted by Gasteiger charge is 2.03. The van der Waals surface area contributed by atoms with Gasteiger partial charge in [0.15, 0.2) is 24.5 Å². The van der Waals surface area contributed by atoms with Crippen molar-refractivity contribution in [1.29, 1.82) is 0 Å². The number of hydrogen-bond acceptors (Lipinski definition) is 6. The van der Waals surface area contributed by atoms with Gasteiger partial charge in [-0.1, -0.05) is 36.0 Å². The Labute approximate surface area is 210 Å². The van der Waals surface area contributed by atoms with E-state index in [-0.39, 0.29) is 5.96 Å². The fourth-order valence-electron chi connectivity index (χ4n) is 2.92. The van der Waals surface area contributed by atoms with Crippen molar-refractivity contribution in [2.24, 2.45) is 32.9 Å². The average Bonchev–Trinajstić information content (AvgIpc) is 2.78. The summed E-state index contributed by atoms with van der Waals surface area (Å²) in [5.74, 6) is 0.527. The molecule has 186 valence electrons. The van der Waals surface area contributed by atoms with Gasteiger partial charge in [-0.25, -0.2) is 4.99 Å². The summed E-state index contributed by atoms with van der Waals surface area (Å²) in [5.41, 5.74) is 25.3. The predicted octanol–water partition coefficient (Wildman–Crippen LogP) is 2.37. The van der Waals surface area contributed by atoms with Gasteiger partial charge in [-0.3, -0.25) is 21.8 Å². The van der Waals surface area contributed by atoms with E-state index in [0.717, 1.165) is 43.6 Å². The van der Waals surface area contributed by atoms with Crippen LogP contribution in [0.5, 0.6) is 0 Å². The first-order chi connectivity index (χ1) is 16.3. The summed E-state index contributed by atoms with van der Waals surface area (Å²) >= 11 is 11.7. The number of aliphatic imine (C=N–C) groups is 2. The molecular weight excluding hydrogens is 475 g/mol. The van der Waals surface area contributed by atoms with Crippen LogP contribution in [0.25, 0.3) is 0 Å². The van der Waals surface area contributed by atoms with Crippen molar-refractivity contribution in [3.63, 3.8) is 0 Å². The average molecular weight is 509 g/mol. The van der Waals surface area contributed by atoms with Crippen LogP contribution in [-0.4, -0.2) is 37.6 Å². The molecule has 0 fully saturated rings. The molecule has 0 saturated heterocycles. The lowest BCUT2D eigenvalue weighted by atomic mass is 10.2. The van der Waals surface area contributed by atoms with Crippen molar-refractivity contribution in [3.8, 4) is 0 Å². The second kappa shape index (κ2) is 15.2. The van der Waals surface area contributed by atoms with Crippen molar-refractivity contribution < 1.29 is 0 Å². The monoisotopic (exact) mass is 508 g/mol. The molecule has 10 nitrogen and oxygen atoms in total. The molecule has 2 aromatic carbocycles. The van der Waals surface area contributed by atoms with Gasteiger partial charge in [0, 0.05) is 28.0 Å². The molecule has 34 heavy (non-hydrogen) atoms. The zero-order valence-corrected chi connectivity index (χ0v) is 20.5.